The summed E-state index contributed by atoms with van der Waals surface area (Å²) in [5, 5.41) is 4.69. The number of hydrogen-bond donors (Lipinski definition) is 1. The fourth-order valence-electron chi connectivity index (χ4n) is 2.46. The molecule has 0 bridgehead atoms. The van der Waals surface area contributed by atoms with E-state index in [4.69, 9.17) is 0 Å². The quantitative estimate of drug-likeness (QED) is 0.894. The Balaban J connectivity index is 2.11. The average molecular weight is 274 g/mol. The molecule has 0 spiro atoms. The molecule has 0 fully saturated rings. The van der Waals surface area contributed by atoms with Gasteiger partial charge in [0.2, 0.25) is 0 Å². The molecule has 0 aliphatic carbocycles. The molecule has 19 heavy (non-hydrogen) atoms. The lowest BCUT2D eigenvalue weighted by atomic mass is 9.92. The van der Waals surface area contributed by atoms with E-state index in [-0.39, 0.29) is 0 Å². The lowest BCUT2D eigenvalue weighted by molar-refractivity contribution is 0.408. The molecule has 2 rings (SSSR count). The zero-order chi connectivity index (χ0) is 13.8. The summed E-state index contributed by atoms with van der Waals surface area (Å²) < 4.78 is 0. The highest BCUT2D eigenvalue weighted by atomic mass is 32.1. The minimum absolute atomic E-state index is 0.380. The molecule has 0 radical (unpaired) electrons. The third-order valence-electron chi connectivity index (χ3n) is 3.61. The van der Waals surface area contributed by atoms with E-state index >= 15 is 0 Å². The van der Waals surface area contributed by atoms with Gasteiger partial charge in [0.25, 0.3) is 0 Å². The van der Waals surface area contributed by atoms with E-state index in [9.17, 15) is 0 Å². The molecule has 1 aromatic heterocycles. The minimum atomic E-state index is 0.380. The van der Waals surface area contributed by atoms with E-state index in [0.29, 0.717) is 12.0 Å². The standard InChI is InChI=1S/C16H22N2S/c1-11(10-15-18-12(2)13(3)19-15)16(17-4)14-8-6-5-7-9-14/h5-9,11,16-17H,10H2,1-4H3. The molecule has 0 saturated heterocycles. The van der Waals surface area contributed by atoms with Gasteiger partial charge in [0.05, 0.1) is 10.7 Å². The van der Waals surface area contributed by atoms with Crippen LogP contribution in [-0.4, -0.2) is 12.0 Å². The molecule has 2 aromatic rings. The smallest absolute Gasteiger partial charge is 0.0934 e. The maximum Gasteiger partial charge on any atom is 0.0934 e. The van der Waals surface area contributed by atoms with Gasteiger partial charge in [0, 0.05) is 17.3 Å². The van der Waals surface area contributed by atoms with Crippen molar-refractivity contribution in [3.8, 4) is 0 Å². The van der Waals surface area contributed by atoms with E-state index < -0.39 is 0 Å². The Hall–Kier alpha value is -1.19. The molecule has 0 aliphatic heterocycles. The van der Waals surface area contributed by atoms with Crippen LogP contribution in [0.4, 0.5) is 0 Å². The molecule has 2 nitrogen and oxygen atoms in total. The maximum atomic E-state index is 4.65. The molecular weight excluding hydrogens is 252 g/mol. The van der Waals surface area contributed by atoms with Gasteiger partial charge < -0.3 is 5.32 Å². The van der Waals surface area contributed by atoms with Crippen molar-refractivity contribution in [1.82, 2.24) is 10.3 Å². The van der Waals surface area contributed by atoms with Crippen LogP contribution >= 0.6 is 11.3 Å². The molecule has 3 heteroatoms. The Kier molecular flexibility index (Phi) is 4.72. The average Bonchev–Trinajstić information content (AvgIpc) is 2.70. The minimum Gasteiger partial charge on any atom is -0.313 e. The van der Waals surface area contributed by atoms with Crippen LogP contribution < -0.4 is 5.32 Å². The van der Waals surface area contributed by atoms with Crippen LogP contribution in [0.5, 0.6) is 0 Å². The van der Waals surface area contributed by atoms with Crippen LogP contribution in [0.1, 0.15) is 34.1 Å². The van der Waals surface area contributed by atoms with Crippen molar-refractivity contribution in [2.24, 2.45) is 5.92 Å². The molecule has 2 atom stereocenters. The first kappa shape index (κ1) is 14.2. The second-order valence-electron chi connectivity index (χ2n) is 5.11. The second kappa shape index (κ2) is 6.31. The molecule has 1 heterocycles. The lowest BCUT2D eigenvalue weighted by Crippen LogP contribution is -2.24. The van der Waals surface area contributed by atoms with Crippen molar-refractivity contribution < 1.29 is 0 Å². The van der Waals surface area contributed by atoms with Gasteiger partial charge in [0.15, 0.2) is 0 Å². The molecular formula is C16H22N2S. The largest absolute Gasteiger partial charge is 0.313 e. The zero-order valence-corrected chi connectivity index (χ0v) is 12.9. The van der Waals surface area contributed by atoms with Crippen LogP contribution in [0.2, 0.25) is 0 Å². The highest BCUT2D eigenvalue weighted by Gasteiger charge is 2.19. The predicted octanol–water partition coefficient (Wildman–Crippen LogP) is 3.90. The fraction of sp³-hybridized carbons (Fsp3) is 0.438. The fourth-order valence-corrected chi connectivity index (χ4v) is 3.54. The summed E-state index contributed by atoms with van der Waals surface area (Å²) in [5.41, 5.74) is 2.52. The first-order chi connectivity index (χ1) is 9.11. The van der Waals surface area contributed by atoms with Crippen LogP contribution in [-0.2, 0) is 6.42 Å². The van der Waals surface area contributed by atoms with Crippen LogP contribution in [0.15, 0.2) is 30.3 Å². The van der Waals surface area contributed by atoms with Gasteiger partial charge in [-0.25, -0.2) is 4.98 Å². The van der Waals surface area contributed by atoms with Gasteiger partial charge in [0.1, 0.15) is 0 Å². The Morgan fingerprint density at radius 2 is 1.89 bits per heavy atom. The third-order valence-corrected chi connectivity index (χ3v) is 4.70. The second-order valence-corrected chi connectivity index (χ2v) is 6.40. The van der Waals surface area contributed by atoms with Crippen LogP contribution in [0, 0.1) is 19.8 Å². The van der Waals surface area contributed by atoms with Crippen LogP contribution in [0.3, 0.4) is 0 Å². The van der Waals surface area contributed by atoms with E-state index in [1.54, 1.807) is 0 Å². The summed E-state index contributed by atoms with van der Waals surface area (Å²) in [6, 6.07) is 11.0. The summed E-state index contributed by atoms with van der Waals surface area (Å²) >= 11 is 1.83. The maximum absolute atomic E-state index is 4.65. The molecule has 2 unspecified atom stereocenters. The van der Waals surface area contributed by atoms with Gasteiger partial charge in [-0.15, -0.1) is 11.3 Å². The molecule has 1 aromatic carbocycles. The Bertz CT molecular complexity index is 499. The van der Waals surface area contributed by atoms with Crippen molar-refractivity contribution in [1.29, 1.82) is 0 Å². The van der Waals surface area contributed by atoms with Gasteiger partial charge in [-0.3, -0.25) is 0 Å². The summed E-state index contributed by atoms with van der Waals surface area (Å²) in [6.45, 7) is 6.53. The molecule has 0 amide bonds. The Morgan fingerprint density at radius 1 is 1.21 bits per heavy atom. The van der Waals surface area contributed by atoms with Gasteiger partial charge in [-0.2, -0.15) is 0 Å². The summed E-state index contributed by atoms with van der Waals surface area (Å²) in [7, 11) is 2.03. The van der Waals surface area contributed by atoms with Crippen molar-refractivity contribution >= 4 is 11.3 Å². The molecule has 1 N–H and O–H groups in total. The highest BCUT2D eigenvalue weighted by molar-refractivity contribution is 7.11. The highest BCUT2D eigenvalue weighted by Crippen LogP contribution is 2.27. The van der Waals surface area contributed by atoms with Gasteiger partial charge in [-0.1, -0.05) is 37.3 Å². The van der Waals surface area contributed by atoms with E-state index in [1.165, 1.54) is 21.1 Å². The van der Waals surface area contributed by atoms with Crippen molar-refractivity contribution in [3.63, 3.8) is 0 Å². The zero-order valence-electron chi connectivity index (χ0n) is 12.1. The van der Waals surface area contributed by atoms with Crippen molar-refractivity contribution in [2.45, 2.75) is 33.2 Å². The monoisotopic (exact) mass is 274 g/mol. The number of nitrogens with one attached hydrogen (secondary N) is 1. The van der Waals surface area contributed by atoms with Crippen molar-refractivity contribution in [3.05, 3.63) is 51.5 Å². The summed E-state index contributed by atoms with van der Waals surface area (Å²) in [6.07, 6.45) is 1.03. The van der Waals surface area contributed by atoms with E-state index in [1.807, 2.05) is 18.4 Å². The molecule has 0 aliphatic rings. The Morgan fingerprint density at radius 3 is 2.42 bits per heavy atom. The normalized spacial score (nSPS) is 14.3. The first-order valence-electron chi connectivity index (χ1n) is 6.77. The van der Waals surface area contributed by atoms with E-state index in [0.717, 1.165) is 6.42 Å². The summed E-state index contributed by atoms with van der Waals surface area (Å²) in [5.74, 6) is 0.525. The van der Waals surface area contributed by atoms with Gasteiger partial charge >= 0.3 is 0 Å². The number of hydrogen-bond acceptors (Lipinski definition) is 3. The molecule has 102 valence electrons. The number of thiazole rings is 1. The topological polar surface area (TPSA) is 24.9 Å². The number of nitrogens with zero attached hydrogens (tertiary/aromatic N) is 1. The number of benzene rings is 1. The van der Waals surface area contributed by atoms with E-state index in [2.05, 4.69) is 61.4 Å². The number of aryl methyl sites for hydroxylation is 2. The summed E-state index contributed by atoms with van der Waals surface area (Å²) in [4.78, 5) is 5.99. The Labute approximate surface area is 119 Å². The van der Waals surface area contributed by atoms with Gasteiger partial charge in [-0.05, 0) is 32.4 Å². The lowest BCUT2D eigenvalue weighted by Gasteiger charge is -2.23. The van der Waals surface area contributed by atoms with Crippen molar-refractivity contribution in [2.75, 3.05) is 7.05 Å². The third kappa shape index (κ3) is 3.43. The van der Waals surface area contributed by atoms with Crippen LogP contribution in [0.25, 0.3) is 0 Å². The molecule has 0 saturated carbocycles. The predicted molar refractivity (Wildman–Crippen MR) is 82.7 cm³/mol. The first-order valence-corrected chi connectivity index (χ1v) is 7.58. The SMILES string of the molecule is CNC(c1ccccc1)C(C)Cc1nc(C)c(C)s1. The number of aromatic nitrogens is 1. The number of rotatable bonds is 5.